The third kappa shape index (κ3) is 3.19. The van der Waals surface area contributed by atoms with Crippen LogP contribution in [0.4, 0.5) is 11.6 Å². The molecule has 1 aromatic carbocycles. The Morgan fingerprint density at radius 3 is 2.58 bits per heavy atom. The van der Waals surface area contributed by atoms with Gasteiger partial charge in [0.15, 0.2) is 5.75 Å². The highest BCUT2D eigenvalue weighted by Gasteiger charge is 2.09. The highest BCUT2D eigenvalue weighted by atomic mass is 35.5. The molecule has 0 fully saturated rings. The summed E-state index contributed by atoms with van der Waals surface area (Å²) in [5.41, 5.74) is 6.20. The lowest BCUT2D eigenvalue weighted by molar-refractivity contribution is 0.464. The molecule has 0 radical (unpaired) electrons. The number of hydrogen-bond donors (Lipinski definition) is 1. The van der Waals surface area contributed by atoms with Crippen LogP contribution < -0.4 is 15.4 Å². The van der Waals surface area contributed by atoms with E-state index in [2.05, 4.69) is 9.97 Å². The van der Waals surface area contributed by atoms with Gasteiger partial charge in [0, 0.05) is 32.4 Å². The third-order valence-corrected chi connectivity index (χ3v) is 3.01. The summed E-state index contributed by atoms with van der Waals surface area (Å²) >= 11 is 11.8. The largest absolute Gasteiger partial charge is 0.437 e. The van der Waals surface area contributed by atoms with Crippen LogP contribution in [0, 0.1) is 0 Å². The second-order valence-corrected chi connectivity index (χ2v) is 4.81. The van der Waals surface area contributed by atoms with Gasteiger partial charge in [0.1, 0.15) is 0 Å². The molecule has 7 heteroatoms. The summed E-state index contributed by atoms with van der Waals surface area (Å²) in [6.45, 7) is 0. The fourth-order valence-corrected chi connectivity index (χ4v) is 1.68. The van der Waals surface area contributed by atoms with Crippen LogP contribution in [0.2, 0.25) is 10.0 Å². The van der Waals surface area contributed by atoms with E-state index in [-0.39, 0.29) is 0 Å². The Kier molecular flexibility index (Phi) is 3.97. The fourth-order valence-electron chi connectivity index (χ4n) is 1.35. The van der Waals surface area contributed by atoms with Gasteiger partial charge in [-0.3, -0.25) is 0 Å². The number of nitrogens with two attached hydrogens (primary N) is 1. The summed E-state index contributed by atoms with van der Waals surface area (Å²) in [7, 11) is 3.68. The topological polar surface area (TPSA) is 64.3 Å². The normalized spacial score (nSPS) is 10.3. The second-order valence-electron chi connectivity index (χ2n) is 4.00. The van der Waals surface area contributed by atoms with Crippen molar-refractivity contribution >= 4 is 34.8 Å². The highest BCUT2D eigenvalue weighted by Crippen LogP contribution is 2.34. The molecule has 0 bridgehead atoms. The molecule has 0 aliphatic rings. The Hall–Kier alpha value is -1.72. The van der Waals surface area contributed by atoms with Gasteiger partial charge >= 0.3 is 0 Å². The number of anilines is 2. The van der Waals surface area contributed by atoms with Gasteiger partial charge in [0.2, 0.25) is 11.8 Å². The van der Waals surface area contributed by atoms with Crippen molar-refractivity contribution in [3.63, 3.8) is 0 Å². The molecule has 0 atom stereocenters. The second kappa shape index (κ2) is 5.50. The van der Waals surface area contributed by atoms with Crippen LogP contribution in [0.5, 0.6) is 11.6 Å². The Balaban J connectivity index is 2.31. The minimum Gasteiger partial charge on any atom is -0.437 e. The lowest BCUT2D eigenvalue weighted by Gasteiger charge is -2.12. The molecule has 0 spiro atoms. The van der Waals surface area contributed by atoms with Crippen LogP contribution in [-0.4, -0.2) is 24.1 Å². The predicted molar refractivity (Wildman–Crippen MR) is 77.3 cm³/mol. The van der Waals surface area contributed by atoms with Gasteiger partial charge < -0.3 is 15.4 Å². The molecule has 2 rings (SSSR count). The number of hydrogen-bond acceptors (Lipinski definition) is 5. The van der Waals surface area contributed by atoms with Crippen molar-refractivity contribution in [2.24, 2.45) is 0 Å². The first kappa shape index (κ1) is 13.7. The lowest BCUT2D eigenvalue weighted by atomic mass is 10.3. The average Bonchev–Trinajstić information content (AvgIpc) is 2.36. The summed E-state index contributed by atoms with van der Waals surface area (Å²) in [6.07, 6.45) is 1.60. The molecule has 1 aromatic heterocycles. The van der Waals surface area contributed by atoms with Gasteiger partial charge in [-0.2, -0.15) is 4.98 Å². The van der Waals surface area contributed by atoms with Crippen molar-refractivity contribution in [2.75, 3.05) is 24.7 Å². The Morgan fingerprint density at radius 1 is 1.21 bits per heavy atom. The van der Waals surface area contributed by atoms with Crippen molar-refractivity contribution in [3.05, 3.63) is 34.4 Å². The van der Waals surface area contributed by atoms with Gasteiger partial charge in [-0.25, -0.2) is 4.98 Å². The maximum absolute atomic E-state index is 5.93. The van der Waals surface area contributed by atoms with Gasteiger partial charge in [-0.05, 0) is 6.07 Å². The smallest absolute Gasteiger partial charge is 0.228 e. The zero-order chi connectivity index (χ0) is 14.0. The molecular weight excluding hydrogens is 287 g/mol. The fraction of sp³-hybridized carbons (Fsp3) is 0.167. The van der Waals surface area contributed by atoms with E-state index in [0.29, 0.717) is 33.3 Å². The minimum absolute atomic E-state index is 0.368. The standard InChI is InChI=1S/C12H12Cl2N4O/c1-18(2)12-16-4-3-11(17-12)19-10-6-8(14)7(13)5-9(10)15/h3-6H,15H2,1-2H3. The number of rotatable bonds is 3. The van der Waals surface area contributed by atoms with Crippen LogP contribution >= 0.6 is 23.2 Å². The van der Waals surface area contributed by atoms with E-state index in [1.165, 1.54) is 6.07 Å². The Labute approximate surface area is 120 Å². The van der Waals surface area contributed by atoms with Crippen LogP contribution in [0.1, 0.15) is 0 Å². The van der Waals surface area contributed by atoms with Gasteiger partial charge in [-0.1, -0.05) is 23.2 Å². The number of nitrogen functional groups attached to an aromatic ring is 1. The molecule has 100 valence electrons. The number of aromatic nitrogens is 2. The zero-order valence-corrected chi connectivity index (χ0v) is 11.9. The van der Waals surface area contributed by atoms with Crippen LogP contribution in [0.15, 0.2) is 24.4 Å². The number of nitrogens with zero attached hydrogens (tertiary/aromatic N) is 3. The van der Waals surface area contributed by atoms with E-state index >= 15 is 0 Å². The molecular formula is C12H12Cl2N4O. The maximum Gasteiger partial charge on any atom is 0.228 e. The summed E-state index contributed by atoms with van der Waals surface area (Å²) in [5, 5.41) is 0.746. The molecule has 0 amide bonds. The van der Waals surface area contributed by atoms with Crippen molar-refractivity contribution < 1.29 is 4.74 Å². The van der Waals surface area contributed by atoms with E-state index in [0.717, 1.165) is 0 Å². The van der Waals surface area contributed by atoms with Gasteiger partial charge in [0.25, 0.3) is 0 Å². The monoisotopic (exact) mass is 298 g/mol. The zero-order valence-electron chi connectivity index (χ0n) is 10.4. The average molecular weight is 299 g/mol. The lowest BCUT2D eigenvalue weighted by Crippen LogP contribution is -2.12. The summed E-state index contributed by atoms with van der Waals surface area (Å²) < 4.78 is 5.59. The molecule has 0 saturated carbocycles. The first-order valence-corrected chi connectivity index (χ1v) is 6.15. The van der Waals surface area contributed by atoms with Gasteiger partial charge in [-0.15, -0.1) is 0 Å². The van der Waals surface area contributed by atoms with Gasteiger partial charge in [0.05, 0.1) is 15.7 Å². The number of halogens is 2. The van der Waals surface area contributed by atoms with Crippen molar-refractivity contribution in [3.8, 4) is 11.6 Å². The summed E-state index contributed by atoms with van der Waals surface area (Å²) in [5.74, 6) is 1.32. The van der Waals surface area contributed by atoms with E-state index in [1.54, 1.807) is 23.2 Å². The molecule has 0 aliphatic heterocycles. The van der Waals surface area contributed by atoms with Crippen molar-refractivity contribution in [1.82, 2.24) is 9.97 Å². The number of benzene rings is 1. The van der Waals surface area contributed by atoms with E-state index in [9.17, 15) is 0 Å². The molecule has 5 nitrogen and oxygen atoms in total. The minimum atomic E-state index is 0.368. The molecule has 1 heterocycles. The van der Waals surface area contributed by atoms with E-state index in [4.69, 9.17) is 33.7 Å². The molecule has 19 heavy (non-hydrogen) atoms. The molecule has 2 N–H and O–H groups in total. The molecule has 0 aliphatic carbocycles. The summed E-state index contributed by atoms with van der Waals surface area (Å²) in [6, 6.07) is 4.72. The van der Waals surface area contributed by atoms with Crippen molar-refractivity contribution in [1.29, 1.82) is 0 Å². The first-order chi connectivity index (χ1) is 8.97. The van der Waals surface area contributed by atoms with E-state index < -0.39 is 0 Å². The van der Waals surface area contributed by atoms with E-state index in [1.807, 2.05) is 14.1 Å². The Bertz CT molecular complexity index is 604. The SMILES string of the molecule is CN(C)c1nccc(Oc2cc(Cl)c(Cl)cc2N)n1. The summed E-state index contributed by atoms with van der Waals surface area (Å²) in [4.78, 5) is 10.1. The van der Waals surface area contributed by atoms with Crippen LogP contribution in [0.25, 0.3) is 0 Å². The predicted octanol–water partition coefficient (Wildman–Crippen LogP) is 3.22. The molecule has 0 saturated heterocycles. The van der Waals surface area contributed by atoms with Crippen LogP contribution in [0.3, 0.4) is 0 Å². The van der Waals surface area contributed by atoms with Crippen LogP contribution in [-0.2, 0) is 0 Å². The van der Waals surface area contributed by atoms with Crippen molar-refractivity contribution in [2.45, 2.75) is 0 Å². The quantitative estimate of drug-likeness (QED) is 0.882. The maximum atomic E-state index is 5.93. The molecule has 0 unspecified atom stereocenters. The first-order valence-electron chi connectivity index (χ1n) is 5.40. The highest BCUT2D eigenvalue weighted by molar-refractivity contribution is 6.42. The Morgan fingerprint density at radius 2 is 1.89 bits per heavy atom. The number of ether oxygens (including phenoxy) is 1. The third-order valence-electron chi connectivity index (χ3n) is 2.28. The molecule has 2 aromatic rings.